The molecule has 0 aromatic heterocycles. The minimum atomic E-state index is -4.62. The molecule has 3 nitrogen and oxygen atoms in total. The topological polar surface area (TPSA) is 32.3 Å². The summed E-state index contributed by atoms with van der Waals surface area (Å²) in [6.07, 6.45) is -4.52. The van der Waals surface area contributed by atoms with E-state index in [9.17, 15) is 22.4 Å². The molecule has 2 aromatic rings. The van der Waals surface area contributed by atoms with E-state index in [0.717, 1.165) is 0 Å². The largest absolute Gasteiger partial charge is 0.406 e. The standard InChI is InChI=1S/C18H16F4N2O/c1-2-17(12-7-4-3-5-8-12)15-13(19)9-6-10-14(15)23-16(25)24(17)11-18(20,21)22/h3-10H,2,11H2,1H3,(H,23,25). The first-order valence-electron chi connectivity index (χ1n) is 7.79. The van der Waals surface area contributed by atoms with Crippen LogP contribution in [0.1, 0.15) is 24.5 Å². The molecule has 25 heavy (non-hydrogen) atoms. The molecular weight excluding hydrogens is 336 g/mol. The lowest BCUT2D eigenvalue weighted by molar-refractivity contribution is -0.149. The van der Waals surface area contributed by atoms with Gasteiger partial charge in [0.05, 0.1) is 5.69 Å². The summed E-state index contributed by atoms with van der Waals surface area (Å²) in [6, 6.07) is 11.5. The first-order valence-corrected chi connectivity index (χ1v) is 7.79. The third-order valence-corrected chi connectivity index (χ3v) is 4.48. The Morgan fingerprint density at radius 1 is 1.08 bits per heavy atom. The highest BCUT2D eigenvalue weighted by molar-refractivity contribution is 5.94. The number of rotatable bonds is 3. The molecule has 3 rings (SSSR count). The SMILES string of the molecule is CCC1(c2ccccc2)c2c(F)cccc2NC(=O)N1CC(F)(F)F. The fourth-order valence-electron chi connectivity index (χ4n) is 3.51. The summed E-state index contributed by atoms with van der Waals surface area (Å²) in [7, 11) is 0. The number of nitrogens with zero attached hydrogens (tertiary/aromatic N) is 1. The Balaban J connectivity index is 2.32. The number of alkyl halides is 3. The molecule has 0 fully saturated rings. The number of hydrogen-bond donors (Lipinski definition) is 1. The molecule has 0 radical (unpaired) electrons. The Kier molecular flexibility index (Phi) is 4.18. The normalized spacial score (nSPS) is 20.2. The zero-order valence-electron chi connectivity index (χ0n) is 13.4. The van der Waals surface area contributed by atoms with E-state index in [4.69, 9.17) is 0 Å². The summed E-state index contributed by atoms with van der Waals surface area (Å²) in [4.78, 5) is 13.2. The van der Waals surface area contributed by atoms with Crippen molar-refractivity contribution >= 4 is 11.7 Å². The third kappa shape index (κ3) is 2.83. The molecule has 7 heteroatoms. The smallest absolute Gasteiger partial charge is 0.307 e. The van der Waals surface area contributed by atoms with Crippen LogP contribution >= 0.6 is 0 Å². The predicted molar refractivity (Wildman–Crippen MR) is 85.7 cm³/mol. The minimum Gasteiger partial charge on any atom is -0.307 e. The van der Waals surface area contributed by atoms with Crippen molar-refractivity contribution < 1.29 is 22.4 Å². The first kappa shape index (κ1) is 17.3. The molecule has 132 valence electrons. The summed E-state index contributed by atoms with van der Waals surface area (Å²) in [5, 5.41) is 2.38. The maximum atomic E-state index is 14.7. The van der Waals surface area contributed by atoms with E-state index in [1.165, 1.54) is 18.2 Å². The number of urea groups is 1. The summed E-state index contributed by atoms with van der Waals surface area (Å²) >= 11 is 0. The lowest BCUT2D eigenvalue weighted by atomic mass is 9.76. The molecule has 0 saturated heterocycles. The van der Waals surface area contributed by atoms with Crippen LogP contribution in [0.15, 0.2) is 48.5 Å². The summed E-state index contributed by atoms with van der Waals surface area (Å²) in [5.41, 5.74) is -0.871. The molecule has 0 spiro atoms. The van der Waals surface area contributed by atoms with Crippen LogP contribution in [0, 0.1) is 5.82 Å². The average Bonchev–Trinajstić information content (AvgIpc) is 2.56. The summed E-state index contributed by atoms with van der Waals surface area (Å²) in [6.45, 7) is 0.167. The van der Waals surface area contributed by atoms with Gasteiger partial charge in [-0.05, 0) is 24.1 Å². The average molecular weight is 352 g/mol. The van der Waals surface area contributed by atoms with Crippen molar-refractivity contribution in [1.29, 1.82) is 0 Å². The highest BCUT2D eigenvalue weighted by Gasteiger charge is 2.51. The number of nitrogens with one attached hydrogen (secondary N) is 1. The molecule has 1 aliphatic rings. The number of hydrogen-bond acceptors (Lipinski definition) is 1. The lowest BCUT2D eigenvalue weighted by Crippen LogP contribution is -2.58. The van der Waals surface area contributed by atoms with Crippen LogP contribution in [0.25, 0.3) is 0 Å². The van der Waals surface area contributed by atoms with Crippen LogP contribution in [-0.4, -0.2) is 23.7 Å². The van der Waals surface area contributed by atoms with Gasteiger partial charge in [-0.2, -0.15) is 13.2 Å². The molecular formula is C18H16F4N2O. The zero-order chi connectivity index (χ0) is 18.2. The fourth-order valence-corrected chi connectivity index (χ4v) is 3.51. The zero-order valence-corrected chi connectivity index (χ0v) is 13.4. The number of carbonyl (C=O) groups excluding carboxylic acids is 1. The summed E-state index contributed by atoms with van der Waals surface area (Å²) in [5.74, 6) is -0.657. The number of anilines is 1. The second-order valence-corrected chi connectivity index (χ2v) is 5.87. The fraction of sp³-hybridized carbons (Fsp3) is 0.278. The Morgan fingerprint density at radius 3 is 2.36 bits per heavy atom. The Morgan fingerprint density at radius 2 is 1.76 bits per heavy atom. The van der Waals surface area contributed by atoms with Crippen molar-refractivity contribution in [3.8, 4) is 0 Å². The maximum Gasteiger partial charge on any atom is 0.406 e. The second-order valence-electron chi connectivity index (χ2n) is 5.87. The Hall–Kier alpha value is -2.57. The van der Waals surface area contributed by atoms with Gasteiger partial charge in [-0.3, -0.25) is 0 Å². The lowest BCUT2D eigenvalue weighted by Gasteiger charge is -2.48. The monoisotopic (exact) mass is 352 g/mol. The maximum absolute atomic E-state index is 14.7. The number of carbonyl (C=O) groups is 1. The molecule has 0 bridgehead atoms. The van der Waals surface area contributed by atoms with Gasteiger partial charge < -0.3 is 10.2 Å². The molecule has 1 heterocycles. The Bertz CT molecular complexity index is 791. The quantitative estimate of drug-likeness (QED) is 0.784. The van der Waals surface area contributed by atoms with Crippen LogP contribution in [0.2, 0.25) is 0 Å². The van der Waals surface area contributed by atoms with Crippen molar-refractivity contribution in [2.75, 3.05) is 11.9 Å². The molecule has 1 N–H and O–H groups in total. The van der Waals surface area contributed by atoms with E-state index in [2.05, 4.69) is 5.32 Å². The van der Waals surface area contributed by atoms with Crippen LogP contribution in [0.4, 0.5) is 28.0 Å². The molecule has 0 aliphatic carbocycles. The van der Waals surface area contributed by atoms with Gasteiger partial charge in [0.1, 0.15) is 17.9 Å². The highest BCUT2D eigenvalue weighted by Crippen LogP contribution is 2.47. The van der Waals surface area contributed by atoms with Crippen molar-refractivity contribution in [1.82, 2.24) is 4.90 Å². The van der Waals surface area contributed by atoms with Gasteiger partial charge in [0.25, 0.3) is 0 Å². The van der Waals surface area contributed by atoms with E-state index in [1.807, 2.05) is 0 Å². The summed E-state index contributed by atoms with van der Waals surface area (Å²) < 4.78 is 54.2. The van der Waals surface area contributed by atoms with Crippen LogP contribution in [0.5, 0.6) is 0 Å². The predicted octanol–water partition coefficient (Wildman–Crippen LogP) is 4.89. The van der Waals surface area contributed by atoms with Gasteiger partial charge in [-0.1, -0.05) is 43.3 Å². The van der Waals surface area contributed by atoms with Gasteiger partial charge in [0.2, 0.25) is 0 Å². The van der Waals surface area contributed by atoms with Crippen LogP contribution < -0.4 is 5.32 Å². The van der Waals surface area contributed by atoms with Crippen molar-refractivity contribution in [2.24, 2.45) is 0 Å². The van der Waals surface area contributed by atoms with Gasteiger partial charge in [-0.25, -0.2) is 9.18 Å². The van der Waals surface area contributed by atoms with Gasteiger partial charge >= 0.3 is 12.2 Å². The van der Waals surface area contributed by atoms with Crippen molar-refractivity contribution in [3.05, 3.63) is 65.5 Å². The number of amides is 2. The number of fused-ring (bicyclic) bond motifs is 1. The molecule has 1 unspecified atom stereocenters. The van der Waals surface area contributed by atoms with Crippen LogP contribution in [-0.2, 0) is 5.54 Å². The molecule has 1 atom stereocenters. The van der Waals surface area contributed by atoms with E-state index in [-0.39, 0.29) is 17.7 Å². The first-order chi connectivity index (χ1) is 11.8. The second kappa shape index (κ2) is 6.06. The van der Waals surface area contributed by atoms with E-state index < -0.39 is 30.1 Å². The van der Waals surface area contributed by atoms with E-state index in [0.29, 0.717) is 10.5 Å². The molecule has 2 aromatic carbocycles. The van der Waals surface area contributed by atoms with Crippen molar-refractivity contribution in [3.63, 3.8) is 0 Å². The molecule has 0 saturated carbocycles. The highest BCUT2D eigenvalue weighted by atomic mass is 19.4. The minimum absolute atomic E-state index is 0.0487. The Labute approximate surface area is 142 Å². The van der Waals surface area contributed by atoms with Gasteiger partial charge in [-0.15, -0.1) is 0 Å². The van der Waals surface area contributed by atoms with Gasteiger partial charge in [0, 0.05) is 5.56 Å². The number of halogens is 4. The third-order valence-electron chi connectivity index (χ3n) is 4.48. The van der Waals surface area contributed by atoms with Crippen molar-refractivity contribution in [2.45, 2.75) is 25.1 Å². The molecule has 2 amide bonds. The van der Waals surface area contributed by atoms with Crippen LogP contribution in [0.3, 0.4) is 0 Å². The van der Waals surface area contributed by atoms with E-state index in [1.54, 1.807) is 37.3 Å². The van der Waals surface area contributed by atoms with Gasteiger partial charge in [0.15, 0.2) is 0 Å². The van der Waals surface area contributed by atoms with E-state index >= 15 is 0 Å². The number of benzene rings is 2. The molecule has 1 aliphatic heterocycles.